The summed E-state index contributed by atoms with van der Waals surface area (Å²) in [6.07, 6.45) is 8.11. The van der Waals surface area contributed by atoms with Gasteiger partial charge < -0.3 is 10.1 Å². The lowest BCUT2D eigenvalue weighted by Crippen LogP contribution is -2.40. The molecule has 0 radical (unpaired) electrons. The lowest BCUT2D eigenvalue weighted by molar-refractivity contribution is 0.0147. The second kappa shape index (κ2) is 6.34. The van der Waals surface area contributed by atoms with Crippen LogP contribution in [0.25, 0.3) is 0 Å². The molecule has 4 heteroatoms. The molecule has 1 N–H and O–H groups in total. The second-order valence-corrected chi connectivity index (χ2v) is 5.42. The molecule has 2 rings (SSSR count). The molecule has 1 aromatic rings. The van der Waals surface area contributed by atoms with E-state index in [4.69, 9.17) is 4.74 Å². The first kappa shape index (κ1) is 13.6. The highest BCUT2D eigenvalue weighted by Gasteiger charge is 2.18. The summed E-state index contributed by atoms with van der Waals surface area (Å²) >= 11 is 0. The molecule has 18 heavy (non-hydrogen) atoms. The van der Waals surface area contributed by atoms with Gasteiger partial charge in [0, 0.05) is 25.4 Å². The van der Waals surface area contributed by atoms with Crippen molar-refractivity contribution in [3.8, 4) is 0 Å². The van der Waals surface area contributed by atoms with E-state index in [2.05, 4.69) is 37.4 Å². The van der Waals surface area contributed by atoms with E-state index >= 15 is 0 Å². The topological polar surface area (TPSA) is 39.1 Å². The molecule has 0 spiro atoms. The van der Waals surface area contributed by atoms with Gasteiger partial charge in [-0.15, -0.1) is 0 Å². The lowest BCUT2D eigenvalue weighted by atomic mass is 10.1. The normalized spacial score (nSPS) is 23.8. The Morgan fingerprint density at radius 3 is 2.94 bits per heavy atom. The maximum absolute atomic E-state index is 5.73. The number of aryl methyl sites for hydroxylation is 1. The van der Waals surface area contributed by atoms with Crippen LogP contribution >= 0.6 is 0 Å². The number of rotatable bonds is 5. The van der Waals surface area contributed by atoms with Crippen LogP contribution in [0.5, 0.6) is 0 Å². The van der Waals surface area contributed by atoms with Gasteiger partial charge in [-0.25, -0.2) is 0 Å². The third kappa shape index (κ3) is 3.56. The predicted molar refractivity (Wildman–Crippen MR) is 72.7 cm³/mol. The van der Waals surface area contributed by atoms with Gasteiger partial charge in [-0.1, -0.05) is 0 Å². The maximum atomic E-state index is 5.73. The molecule has 4 nitrogen and oxygen atoms in total. The molecule has 0 aromatic carbocycles. The van der Waals surface area contributed by atoms with Crippen LogP contribution in [0.3, 0.4) is 0 Å². The summed E-state index contributed by atoms with van der Waals surface area (Å²) in [6.45, 7) is 8.36. The van der Waals surface area contributed by atoms with Crippen molar-refractivity contribution in [3.63, 3.8) is 0 Å². The van der Waals surface area contributed by atoms with Crippen molar-refractivity contribution in [1.82, 2.24) is 15.1 Å². The molecule has 1 aromatic heterocycles. The van der Waals surface area contributed by atoms with Crippen molar-refractivity contribution in [2.45, 2.75) is 58.2 Å². The maximum Gasteiger partial charge on any atom is 0.0699 e. The highest BCUT2D eigenvalue weighted by molar-refractivity contribution is 5.00. The molecule has 102 valence electrons. The quantitative estimate of drug-likeness (QED) is 0.872. The summed E-state index contributed by atoms with van der Waals surface area (Å²) in [6, 6.07) is 0.761. The molecule has 1 aliphatic heterocycles. The van der Waals surface area contributed by atoms with Crippen LogP contribution in [-0.2, 0) is 4.74 Å². The van der Waals surface area contributed by atoms with Gasteiger partial charge >= 0.3 is 0 Å². The largest absolute Gasteiger partial charge is 0.377 e. The van der Waals surface area contributed by atoms with Crippen LogP contribution in [0.4, 0.5) is 0 Å². The summed E-state index contributed by atoms with van der Waals surface area (Å²) in [7, 11) is 0. The monoisotopic (exact) mass is 251 g/mol. The van der Waals surface area contributed by atoms with E-state index in [-0.39, 0.29) is 0 Å². The van der Waals surface area contributed by atoms with E-state index in [0.717, 1.165) is 13.2 Å². The Morgan fingerprint density at radius 1 is 1.50 bits per heavy atom. The zero-order valence-corrected chi connectivity index (χ0v) is 11.7. The smallest absolute Gasteiger partial charge is 0.0699 e. The molecule has 1 aliphatic rings. The molecule has 1 saturated heterocycles. The third-order valence-corrected chi connectivity index (χ3v) is 3.81. The summed E-state index contributed by atoms with van der Waals surface area (Å²) < 4.78 is 7.77. The van der Waals surface area contributed by atoms with Crippen molar-refractivity contribution in [3.05, 3.63) is 18.0 Å². The Bertz CT molecular complexity index is 358. The molecule has 0 amide bonds. The first-order chi connectivity index (χ1) is 8.66. The average Bonchev–Trinajstić information content (AvgIpc) is 2.83. The number of ether oxygens (including phenoxy) is 1. The molecule has 0 unspecified atom stereocenters. The Kier molecular flexibility index (Phi) is 4.78. The lowest BCUT2D eigenvalue weighted by Gasteiger charge is -2.27. The van der Waals surface area contributed by atoms with E-state index in [9.17, 15) is 0 Å². The Hall–Kier alpha value is -0.870. The van der Waals surface area contributed by atoms with Gasteiger partial charge in [-0.3, -0.25) is 4.68 Å². The van der Waals surface area contributed by atoms with Crippen LogP contribution in [0.2, 0.25) is 0 Å². The average molecular weight is 251 g/mol. The standard InChI is InChI=1S/C14H25N3O/c1-11-8-16-17(10-11)13(3)12(2)15-9-14-6-4-5-7-18-14/h8,10,12-15H,4-7,9H2,1-3H3/t12-,13-,14+/m1/s1. The molecule has 3 atom stereocenters. The van der Waals surface area contributed by atoms with E-state index in [1.54, 1.807) is 0 Å². The molecular formula is C14H25N3O. The van der Waals surface area contributed by atoms with Crippen LogP contribution in [-0.4, -0.2) is 35.1 Å². The van der Waals surface area contributed by atoms with Crippen molar-refractivity contribution in [2.24, 2.45) is 0 Å². The van der Waals surface area contributed by atoms with Crippen LogP contribution in [0, 0.1) is 6.92 Å². The van der Waals surface area contributed by atoms with Crippen LogP contribution in [0.15, 0.2) is 12.4 Å². The van der Waals surface area contributed by atoms with Gasteiger partial charge in [0.25, 0.3) is 0 Å². The molecule has 0 aliphatic carbocycles. The fourth-order valence-electron chi connectivity index (χ4n) is 2.34. The molecule has 0 bridgehead atoms. The first-order valence-electron chi connectivity index (χ1n) is 7.02. The minimum atomic E-state index is 0.363. The Labute approximate surface area is 110 Å². The van der Waals surface area contributed by atoms with E-state index in [1.807, 2.05) is 10.9 Å². The van der Waals surface area contributed by atoms with Crippen molar-refractivity contribution < 1.29 is 4.74 Å². The van der Waals surface area contributed by atoms with Gasteiger partial charge in [0.1, 0.15) is 0 Å². The van der Waals surface area contributed by atoms with Gasteiger partial charge in [0.15, 0.2) is 0 Å². The number of nitrogens with zero attached hydrogens (tertiary/aromatic N) is 2. The van der Waals surface area contributed by atoms with Gasteiger partial charge in [-0.05, 0) is 45.6 Å². The first-order valence-corrected chi connectivity index (χ1v) is 7.02. The third-order valence-electron chi connectivity index (χ3n) is 3.81. The number of nitrogens with one attached hydrogen (secondary N) is 1. The number of hydrogen-bond donors (Lipinski definition) is 1. The van der Waals surface area contributed by atoms with Crippen LogP contribution < -0.4 is 5.32 Å². The van der Waals surface area contributed by atoms with E-state index in [0.29, 0.717) is 18.2 Å². The van der Waals surface area contributed by atoms with Crippen molar-refractivity contribution >= 4 is 0 Å². The molecular weight excluding hydrogens is 226 g/mol. The summed E-state index contributed by atoms with van der Waals surface area (Å²) in [5.41, 5.74) is 1.21. The van der Waals surface area contributed by atoms with Crippen molar-refractivity contribution in [1.29, 1.82) is 0 Å². The Morgan fingerprint density at radius 2 is 2.33 bits per heavy atom. The predicted octanol–water partition coefficient (Wildman–Crippen LogP) is 2.30. The zero-order chi connectivity index (χ0) is 13.0. The summed E-state index contributed by atoms with van der Waals surface area (Å²) in [5.74, 6) is 0. The van der Waals surface area contributed by atoms with E-state index in [1.165, 1.54) is 24.8 Å². The van der Waals surface area contributed by atoms with E-state index < -0.39 is 0 Å². The minimum Gasteiger partial charge on any atom is -0.377 e. The minimum absolute atomic E-state index is 0.363. The van der Waals surface area contributed by atoms with Gasteiger partial charge in [0.2, 0.25) is 0 Å². The molecule has 0 saturated carbocycles. The highest BCUT2D eigenvalue weighted by atomic mass is 16.5. The second-order valence-electron chi connectivity index (χ2n) is 5.42. The summed E-state index contributed by atoms with van der Waals surface area (Å²) in [4.78, 5) is 0. The Balaban J connectivity index is 1.78. The van der Waals surface area contributed by atoms with Crippen molar-refractivity contribution in [2.75, 3.05) is 13.2 Å². The van der Waals surface area contributed by atoms with Gasteiger partial charge in [-0.2, -0.15) is 5.10 Å². The molecule has 2 heterocycles. The van der Waals surface area contributed by atoms with Crippen LogP contribution in [0.1, 0.15) is 44.7 Å². The number of hydrogen-bond acceptors (Lipinski definition) is 3. The SMILES string of the molecule is Cc1cnn([C@H](C)[C@@H](C)NC[C@@H]2CCCCO2)c1. The number of aromatic nitrogens is 2. The molecule has 1 fully saturated rings. The van der Waals surface area contributed by atoms with Gasteiger partial charge in [0.05, 0.1) is 18.3 Å². The highest BCUT2D eigenvalue weighted by Crippen LogP contribution is 2.14. The zero-order valence-electron chi connectivity index (χ0n) is 11.7. The fraction of sp³-hybridized carbons (Fsp3) is 0.786. The fourth-order valence-corrected chi connectivity index (χ4v) is 2.34. The summed E-state index contributed by atoms with van der Waals surface area (Å²) in [5, 5.41) is 7.95.